The molecular formula is C21H29N3O4. The van der Waals surface area contributed by atoms with E-state index in [0.29, 0.717) is 30.2 Å². The molecule has 1 aromatic carbocycles. The van der Waals surface area contributed by atoms with Crippen molar-refractivity contribution in [3.63, 3.8) is 0 Å². The lowest BCUT2D eigenvalue weighted by Gasteiger charge is -2.16. The molecule has 0 saturated carbocycles. The van der Waals surface area contributed by atoms with Gasteiger partial charge in [0, 0.05) is 42.4 Å². The lowest BCUT2D eigenvalue weighted by atomic mass is 10.1. The van der Waals surface area contributed by atoms with Crippen LogP contribution in [-0.4, -0.2) is 62.1 Å². The molecule has 152 valence electrons. The normalized spacial score (nSPS) is 10.9. The summed E-state index contributed by atoms with van der Waals surface area (Å²) in [5, 5.41) is 2.82. The first-order chi connectivity index (χ1) is 13.3. The van der Waals surface area contributed by atoms with Crippen molar-refractivity contribution in [2.75, 3.05) is 46.3 Å². The maximum atomic E-state index is 12.7. The van der Waals surface area contributed by atoms with Crippen LogP contribution < -0.4 is 10.1 Å². The van der Waals surface area contributed by atoms with Crippen molar-refractivity contribution >= 4 is 17.4 Å². The third kappa shape index (κ3) is 5.68. The summed E-state index contributed by atoms with van der Waals surface area (Å²) in [7, 11) is 4.99. The second-order valence-corrected chi connectivity index (χ2v) is 6.80. The summed E-state index contributed by atoms with van der Waals surface area (Å²) in [5.41, 5.74) is 3.30. The summed E-state index contributed by atoms with van der Waals surface area (Å²) in [6, 6.07) is 9.06. The smallest absolute Gasteiger partial charge is 0.238 e. The number of rotatable bonds is 10. The van der Waals surface area contributed by atoms with Crippen LogP contribution in [0, 0.1) is 13.8 Å². The molecule has 1 amide bonds. The highest BCUT2D eigenvalue weighted by atomic mass is 16.5. The van der Waals surface area contributed by atoms with Crippen LogP contribution >= 0.6 is 0 Å². The Morgan fingerprint density at radius 3 is 2.57 bits per heavy atom. The first-order valence-electron chi connectivity index (χ1n) is 9.17. The Hall–Kier alpha value is -2.64. The molecule has 7 nitrogen and oxygen atoms in total. The van der Waals surface area contributed by atoms with Gasteiger partial charge in [0.25, 0.3) is 0 Å². The van der Waals surface area contributed by atoms with E-state index in [1.165, 1.54) is 0 Å². The molecule has 0 bridgehead atoms. The number of likely N-dealkylation sites (N-methyl/N-ethyl adjacent to an activating group) is 1. The van der Waals surface area contributed by atoms with Gasteiger partial charge in [-0.15, -0.1) is 0 Å². The van der Waals surface area contributed by atoms with Gasteiger partial charge >= 0.3 is 0 Å². The van der Waals surface area contributed by atoms with E-state index in [2.05, 4.69) is 9.88 Å². The highest BCUT2D eigenvalue weighted by Crippen LogP contribution is 2.17. The average molecular weight is 387 g/mol. The van der Waals surface area contributed by atoms with Gasteiger partial charge in [-0.2, -0.15) is 0 Å². The molecule has 0 aliphatic carbocycles. The van der Waals surface area contributed by atoms with Crippen molar-refractivity contribution < 1.29 is 19.1 Å². The minimum atomic E-state index is -0.186. The molecule has 2 aromatic rings. The van der Waals surface area contributed by atoms with E-state index in [-0.39, 0.29) is 24.8 Å². The number of hydrogen-bond donors (Lipinski definition) is 1. The summed E-state index contributed by atoms with van der Waals surface area (Å²) in [5.74, 6) is 0.479. The number of anilines is 1. The largest absolute Gasteiger partial charge is 0.497 e. The zero-order valence-corrected chi connectivity index (χ0v) is 17.2. The Balaban J connectivity index is 1.94. The second kappa shape index (κ2) is 10.1. The van der Waals surface area contributed by atoms with Crippen molar-refractivity contribution in [3.05, 3.63) is 47.3 Å². The van der Waals surface area contributed by atoms with E-state index in [9.17, 15) is 9.59 Å². The number of carbonyl (C=O) groups excluding carboxylic acids is 2. The Kier molecular flexibility index (Phi) is 7.78. The number of nitrogens with one attached hydrogen (secondary N) is 1. The van der Waals surface area contributed by atoms with E-state index in [1.807, 2.05) is 26.0 Å². The zero-order valence-electron chi connectivity index (χ0n) is 17.2. The van der Waals surface area contributed by atoms with Gasteiger partial charge in [0.15, 0.2) is 5.78 Å². The van der Waals surface area contributed by atoms with Gasteiger partial charge in [-0.3, -0.25) is 14.5 Å². The van der Waals surface area contributed by atoms with Gasteiger partial charge in [-0.25, -0.2) is 0 Å². The van der Waals surface area contributed by atoms with Crippen LogP contribution in [0.4, 0.5) is 5.69 Å². The van der Waals surface area contributed by atoms with Crippen LogP contribution in [0.15, 0.2) is 30.3 Å². The minimum Gasteiger partial charge on any atom is -0.497 e. The van der Waals surface area contributed by atoms with Crippen LogP contribution in [0.2, 0.25) is 0 Å². The number of aryl methyl sites for hydroxylation is 1. The molecule has 28 heavy (non-hydrogen) atoms. The van der Waals surface area contributed by atoms with E-state index < -0.39 is 0 Å². The van der Waals surface area contributed by atoms with Crippen LogP contribution in [0.1, 0.15) is 21.7 Å². The maximum Gasteiger partial charge on any atom is 0.238 e. The standard InChI is InChI=1S/C21H29N3O4/c1-15-11-19(16(2)24(15)9-10-27-4)20(25)13-23(3)14-21(26)22-17-7-6-8-18(12-17)28-5/h6-8,11-12H,9-10,13-14H2,1-5H3,(H,22,26). The number of methoxy groups -OCH3 is 2. The van der Waals surface area contributed by atoms with Crippen molar-refractivity contribution in [2.45, 2.75) is 20.4 Å². The molecule has 2 rings (SSSR count). The number of ether oxygens (including phenoxy) is 2. The number of nitrogens with zero attached hydrogens (tertiary/aromatic N) is 2. The second-order valence-electron chi connectivity index (χ2n) is 6.80. The highest BCUT2D eigenvalue weighted by molar-refractivity contribution is 5.99. The number of carbonyl (C=O) groups is 2. The molecule has 0 spiro atoms. The Morgan fingerprint density at radius 2 is 1.89 bits per heavy atom. The van der Waals surface area contributed by atoms with Crippen molar-refractivity contribution in [1.29, 1.82) is 0 Å². The monoisotopic (exact) mass is 387 g/mol. The van der Waals surface area contributed by atoms with Crippen LogP contribution in [0.25, 0.3) is 0 Å². The molecule has 1 N–H and O–H groups in total. The van der Waals surface area contributed by atoms with Gasteiger partial charge in [-0.05, 0) is 39.1 Å². The zero-order chi connectivity index (χ0) is 20.7. The topological polar surface area (TPSA) is 72.8 Å². The highest BCUT2D eigenvalue weighted by Gasteiger charge is 2.18. The molecule has 0 atom stereocenters. The molecule has 1 heterocycles. The summed E-state index contributed by atoms with van der Waals surface area (Å²) in [4.78, 5) is 26.7. The minimum absolute atomic E-state index is 0.00607. The molecule has 0 unspecified atom stereocenters. The van der Waals surface area contributed by atoms with E-state index in [4.69, 9.17) is 9.47 Å². The number of ketones is 1. The van der Waals surface area contributed by atoms with E-state index in [0.717, 1.165) is 11.4 Å². The summed E-state index contributed by atoms with van der Waals surface area (Å²) >= 11 is 0. The summed E-state index contributed by atoms with van der Waals surface area (Å²) in [6.45, 7) is 5.50. The lowest BCUT2D eigenvalue weighted by molar-refractivity contribution is -0.116. The molecule has 0 aliphatic rings. The van der Waals surface area contributed by atoms with Crippen LogP contribution in [-0.2, 0) is 16.1 Å². The number of benzene rings is 1. The van der Waals surface area contributed by atoms with Gasteiger partial charge in [-0.1, -0.05) is 6.07 Å². The molecule has 0 radical (unpaired) electrons. The number of amides is 1. The maximum absolute atomic E-state index is 12.7. The summed E-state index contributed by atoms with van der Waals surface area (Å²) < 4.78 is 12.4. The molecule has 0 saturated heterocycles. The lowest BCUT2D eigenvalue weighted by Crippen LogP contribution is -2.34. The fourth-order valence-electron chi connectivity index (χ4n) is 3.14. The Bertz CT molecular complexity index is 829. The third-order valence-electron chi connectivity index (χ3n) is 4.57. The average Bonchev–Trinajstić information content (AvgIpc) is 2.93. The fraction of sp³-hybridized carbons (Fsp3) is 0.429. The fourth-order valence-corrected chi connectivity index (χ4v) is 3.14. The number of hydrogen-bond acceptors (Lipinski definition) is 5. The first kappa shape index (κ1) is 21.7. The van der Waals surface area contributed by atoms with Crippen LogP contribution in [0.5, 0.6) is 5.75 Å². The third-order valence-corrected chi connectivity index (χ3v) is 4.57. The summed E-state index contributed by atoms with van der Waals surface area (Å²) in [6.07, 6.45) is 0. The van der Waals surface area contributed by atoms with Crippen molar-refractivity contribution in [2.24, 2.45) is 0 Å². The quantitative estimate of drug-likeness (QED) is 0.634. The van der Waals surface area contributed by atoms with Crippen molar-refractivity contribution in [1.82, 2.24) is 9.47 Å². The number of Topliss-reactive ketones (excluding diaryl/α,β-unsaturated/α-hetero) is 1. The molecule has 0 fully saturated rings. The van der Waals surface area contributed by atoms with Gasteiger partial charge in [0.1, 0.15) is 5.75 Å². The molecule has 0 aliphatic heterocycles. The first-order valence-corrected chi connectivity index (χ1v) is 9.17. The predicted octanol–water partition coefficient (Wildman–Crippen LogP) is 2.51. The number of aromatic nitrogens is 1. The molecular weight excluding hydrogens is 358 g/mol. The SMILES string of the molecule is COCCn1c(C)cc(C(=O)CN(C)CC(=O)Nc2cccc(OC)c2)c1C. The van der Waals surface area contributed by atoms with Gasteiger partial charge in [0.05, 0.1) is 26.8 Å². The van der Waals surface area contributed by atoms with Crippen LogP contribution in [0.3, 0.4) is 0 Å². The Labute approximate surface area is 166 Å². The Morgan fingerprint density at radius 1 is 1.14 bits per heavy atom. The predicted molar refractivity (Wildman–Crippen MR) is 109 cm³/mol. The van der Waals surface area contributed by atoms with Crippen molar-refractivity contribution in [3.8, 4) is 5.75 Å². The molecule has 1 aromatic heterocycles. The molecule has 7 heteroatoms. The van der Waals surface area contributed by atoms with E-state index in [1.54, 1.807) is 44.4 Å². The van der Waals surface area contributed by atoms with Gasteiger partial charge in [0.2, 0.25) is 5.91 Å². The van der Waals surface area contributed by atoms with Gasteiger partial charge < -0.3 is 19.4 Å². The van der Waals surface area contributed by atoms with E-state index >= 15 is 0 Å².